The molecule has 0 aliphatic carbocycles. The van der Waals surface area contributed by atoms with Gasteiger partial charge in [0.2, 0.25) is 0 Å². The third-order valence-corrected chi connectivity index (χ3v) is 1.08. The summed E-state index contributed by atoms with van der Waals surface area (Å²) in [4.78, 5) is 3.93. The minimum atomic E-state index is -0.0467. The Bertz CT molecular complexity index is 182. The standard InChI is InChI=1S/C8H12N2/c1-4-5-6-8(10-3)7(2)9/h1,5-7H,9H2,2-3H3/b6-5-,10-8?. The summed E-state index contributed by atoms with van der Waals surface area (Å²) in [6, 6.07) is -0.0467. The second-order valence-electron chi connectivity index (χ2n) is 1.94. The van der Waals surface area contributed by atoms with Gasteiger partial charge in [-0.3, -0.25) is 4.99 Å². The molecule has 1 atom stereocenters. The normalized spacial score (nSPS) is 15.2. The maximum Gasteiger partial charge on any atom is 0.0515 e. The van der Waals surface area contributed by atoms with E-state index in [4.69, 9.17) is 12.2 Å². The van der Waals surface area contributed by atoms with Gasteiger partial charge in [-0.25, -0.2) is 0 Å². The van der Waals surface area contributed by atoms with Crippen molar-refractivity contribution in [2.24, 2.45) is 10.7 Å². The first-order valence-corrected chi connectivity index (χ1v) is 3.07. The molecule has 0 radical (unpaired) electrons. The van der Waals surface area contributed by atoms with Crippen LogP contribution in [0.5, 0.6) is 0 Å². The van der Waals surface area contributed by atoms with Crippen molar-refractivity contribution in [1.82, 2.24) is 0 Å². The molecule has 2 N–H and O–H groups in total. The molecule has 54 valence electrons. The van der Waals surface area contributed by atoms with Crippen LogP contribution in [0.15, 0.2) is 17.1 Å². The Morgan fingerprint density at radius 2 is 2.40 bits per heavy atom. The number of aliphatic imine (C=N–C) groups is 1. The fraction of sp³-hybridized carbons (Fsp3) is 0.375. The van der Waals surface area contributed by atoms with E-state index in [1.807, 2.05) is 6.92 Å². The zero-order valence-corrected chi connectivity index (χ0v) is 6.33. The maximum absolute atomic E-state index is 5.54. The van der Waals surface area contributed by atoms with Crippen LogP contribution in [0.25, 0.3) is 0 Å². The zero-order valence-electron chi connectivity index (χ0n) is 6.33. The van der Waals surface area contributed by atoms with Crippen molar-refractivity contribution >= 4 is 5.71 Å². The van der Waals surface area contributed by atoms with Gasteiger partial charge in [0, 0.05) is 13.1 Å². The molecular formula is C8H12N2. The number of allylic oxidation sites excluding steroid dienone is 1. The topological polar surface area (TPSA) is 38.4 Å². The Morgan fingerprint density at radius 1 is 1.80 bits per heavy atom. The van der Waals surface area contributed by atoms with Crippen molar-refractivity contribution < 1.29 is 0 Å². The fourth-order valence-electron chi connectivity index (χ4n) is 0.563. The van der Waals surface area contributed by atoms with E-state index < -0.39 is 0 Å². The summed E-state index contributed by atoms with van der Waals surface area (Å²) >= 11 is 0. The molecule has 0 amide bonds. The third kappa shape index (κ3) is 3.06. The molecule has 0 saturated heterocycles. The molecule has 2 heteroatoms. The van der Waals surface area contributed by atoms with Gasteiger partial charge in [-0.15, -0.1) is 6.42 Å². The molecule has 2 nitrogen and oxygen atoms in total. The maximum atomic E-state index is 5.54. The first-order valence-electron chi connectivity index (χ1n) is 3.07. The highest BCUT2D eigenvalue weighted by Crippen LogP contribution is 1.85. The van der Waals surface area contributed by atoms with Crippen LogP contribution in [-0.2, 0) is 0 Å². The summed E-state index contributed by atoms with van der Waals surface area (Å²) in [6.07, 6.45) is 8.33. The molecule has 0 saturated carbocycles. The molecule has 0 rings (SSSR count). The SMILES string of the molecule is C#C/C=C\C(=NC)C(C)N. The van der Waals surface area contributed by atoms with Gasteiger partial charge < -0.3 is 5.73 Å². The van der Waals surface area contributed by atoms with Gasteiger partial charge in [0.25, 0.3) is 0 Å². The summed E-state index contributed by atoms with van der Waals surface area (Å²) in [5.41, 5.74) is 6.35. The predicted octanol–water partition coefficient (Wildman–Crippen LogP) is 0.594. The Kier molecular flexibility index (Phi) is 4.26. The second kappa shape index (κ2) is 4.78. The van der Waals surface area contributed by atoms with Crippen molar-refractivity contribution in [3.8, 4) is 12.3 Å². The van der Waals surface area contributed by atoms with Crippen LogP contribution in [0.2, 0.25) is 0 Å². The van der Waals surface area contributed by atoms with Crippen LogP contribution < -0.4 is 5.73 Å². The Balaban J connectivity index is 4.15. The second-order valence-corrected chi connectivity index (χ2v) is 1.94. The lowest BCUT2D eigenvalue weighted by Gasteiger charge is -2.01. The van der Waals surface area contributed by atoms with E-state index in [0.29, 0.717) is 0 Å². The van der Waals surface area contributed by atoms with E-state index in [-0.39, 0.29) is 6.04 Å². The van der Waals surface area contributed by atoms with E-state index in [2.05, 4.69) is 10.9 Å². The number of nitrogens with two attached hydrogens (primary N) is 1. The number of terminal acetylenes is 1. The molecule has 0 aromatic carbocycles. The highest BCUT2D eigenvalue weighted by Gasteiger charge is 1.97. The van der Waals surface area contributed by atoms with Crippen molar-refractivity contribution in [2.45, 2.75) is 13.0 Å². The largest absolute Gasteiger partial charge is 0.323 e. The molecule has 0 aromatic rings. The van der Waals surface area contributed by atoms with Crippen molar-refractivity contribution in [1.29, 1.82) is 0 Å². The molecule has 0 spiro atoms. The molecule has 0 aromatic heterocycles. The lowest BCUT2D eigenvalue weighted by Crippen LogP contribution is -2.24. The first kappa shape index (κ1) is 8.93. The third-order valence-electron chi connectivity index (χ3n) is 1.08. The lowest BCUT2D eigenvalue weighted by atomic mass is 10.2. The van der Waals surface area contributed by atoms with Gasteiger partial charge in [0.1, 0.15) is 0 Å². The van der Waals surface area contributed by atoms with Gasteiger partial charge >= 0.3 is 0 Å². The Labute approximate surface area is 61.8 Å². The molecular weight excluding hydrogens is 124 g/mol. The van der Waals surface area contributed by atoms with Crippen LogP contribution in [0.1, 0.15) is 6.92 Å². The van der Waals surface area contributed by atoms with Crippen LogP contribution in [0.3, 0.4) is 0 Å². The van der Waals surface area contributed by atoms with Gasteiger partial charge in [-0.2, -0.15) is 0 Å². The number of hydrogen-bond donors (Lipinski definition) is 1. The minimum absolute atomic E-state index is 0.0467. The lowest BCUT2D eigenvalue weighted by molar-refractivity contribution is 0.974. The van der Waals surface area contributed by atoms with Crippen LogP contribution in [-0.4, -0.2) is 18.8 Å². The highest BCUT2D eigenvalue weighted by atomic mass is 14.7. The molecule has 1 unspecified atom stereocenters. The smallest absolute Gasteiger partial charge is 0.0515 e. The summed E-state index contributed by atoms with van der Waals surface area (Å²) in [5, 5.41) is 0. The Hall–Kier alpha value is -1.07. The van der Waals surface area contributed by atoms with Gasteiger partial charge in [0.15, 0.2) is 0 Å². The summed E-state index contributed by atoms with van der Waals surface area (Å²) in [7, 11) is 1.69. The van der Waals surface area contributed by atoms with Crippen molar-refractivity contribution in [3.05, 3.63) is 12.2 Å². The van der Waals surface area contributed by atoms with E-state index in [1.54, 1.807) is 19.2 Å². The van der Waals surface area contributed by atoms with Crippen LogP contribution >= 0.6 is 0 Å². The van der Waals surface area contributed by atoms with Gasteiger partial charge in [-0.05, 0) is 19.1 Å². The number of hydrogen-bond acceptors (Lipinski definition) is 2. The van der Waals surface area contributed by atoms with Gasteiger partial charge in [0.05, 0.1) is 5.71 Å². The molecule has 10 heavy (non-hydrogen) atoms. The fourth-order valence-corrected chi connectivity index (χ4v) is 0.563. The minimum Gasteiger partial charge on any atom is -0.323 e. The van der Waals surface area contributed by atoms with Crippen molar-refractivity contribution in [2.75, 3.05) is 7.05 Å². The summed E-state index contributed by atoms with van der Waals surface area (Å²) < 4.78 is 0. The molecule has 0 bridgehead atoms. The van der Waals surface area contributed by atoms with Gasteiger partial charge in [-0.1, -0.05) is 5.92 Å². The highest BCUT2D eigenvalue weighted by molar-refractivity contribution is 5.99. The first-order chi connectivity index (χ1) is 4.72. The van der Waals surface area contributed by atoms with E-state index in [9.17, 15) is 0 Å². The summed E-state index contributed by atoms with van der Waals surface area (Å²) in [5.74, 6) is 2.37. The quantitative estimate of drug-likeness (QED) is 0.438. The molecule has 0 fully saturated rings. The number of nitrogens with zero attached hydrogens (tertiary/aromatic N) is 1. The van der Waals surface area contributed by atoms with E-state index in [0.717, 1.165) is 5.71 Å². The predicted molar refractivity (Wildman–Crippen MR) is 45.0 cm³/mol. The molecule has 0 heterocycles. The zero-order chi connectivity index (χ0) is 7.98. The summed E-state index contributed by atoms with van der Waals surface area (Å²) in [6.45, 7) is 1.86. The van der Waals surface area contributed by atoms with Crippen LogP contribution in [0, 0.1) is 12.3 Å². The van der Waals surface area contributed by atoms with E-state index >= 15 is 0 Å². The van der Waals surface area contributed by atoms with E-state index in [1.165, 1.54) is 0 Å². The van der Waals surface area contributed by atoms with Crippen molar-refractivity contribution in [3.63, 3.8) is 0 Å². The number of rotatable bonds is 2. The molecule has 0 aliphatic rings. The Morgan fingerprint density at radius 3 is 2.70 bits per heavy atom. The molecule has 0 aliphatic heterocycles. The average Bonchev–Trinajstić information content (AvgIpc) is 1.89. The van der Waals surface area contributed by atoms with Crippen LogP contribution in [0.4, 0.5) is 0 Å². The average molecular weight is 136 g/mol. The monoisotopic (exact) mass is 136 g/mol.